The van der Waals surface area contributed by atoms with E-state index in [1.54, 1.807) is 17.4 Å². The summed E-state index contributed by atoms with van der Waals surface area (Å²) < 4.78 is 5.40. The Morgan fingerprint density at radius 3 is 2.77 bits per heavy atom. The van der Waals surface area contributed by atoms with E-state index in [4.69, 9.17) is 4.42 Å². The van der Waals surface area contributed by atoms with Gasteiger partial charge in [-0.15, -0.1) is 11.3 Å². The van der Waals surface area contributed by atoms with Crippen molar-refractivity contribution in [3.05, 3.63) is 46.0 Å². The van der Waals surface area contributed by atoms with Gasteiger partial charge in [0.1, 0.15) is 17.6 Å². The standard InChI is InChI=1S/C17H21NO3S/c1-12-6-7-14(21-12)13(19)11-18-16(20)17(8-2-3-9-17)15-5-4-10-22-15/h4-7,10,13,19H,2-3,8-9,11H2,1H3,(H,18,20). The molecule has 2 aromatic heterocycles. The van der Waals surface area contributed by atoms with Crippen LogP contribution in [0.25, 0.3) is 0 Å². The summed E-state index contributed by atoms with van der Waals surface area (Å²) in [5, 5.41) is 15.1. The van der Waals surface area contributed by atoms with E-state index >= 15 is 0 Å². The predicted molar refractivity (Wildman–Crippen MR) is 85.9 cm³/mol. The van der Waals surface area contributed by atoms with Crippen molar-refractivity contribution in [2.45, 2.75) is 44.1 Å². The third-order valence-corrected chi connectivity index (χ3v) is 5.50. The minimum absolute atomic E-state index is 0.0229. The molecule has 0 saturated heterocycles. The van der Waals surface area contributed by atoms with Gasteiger partial charge in [0.2, 0.25) is 5.91 Å². The molecule has 3 rings (SSSR count). The summed E-state index contributed by atoms with van der Waals surface area (Å²) in [4.78, 5) is 13.9. The van der Waals surface area contributed by atoms with E-state index in [2.05, 4.69) is 5.32 Å². The van der Waals surface area contributed by atoms with Gasteiger partial charge in [0.25, 0.3) is 0 Å². The highest BCUT2D eigenvalue weighted by Gasteiger charge is 2.43. The van der Waals surface area contributed by atoms with E-state index in [9.17, 15) is 9.90 Å². The van der Waals surface area contributed by atoms with Crippen molar-refractivity contribution in [3.63, 3.8) is 0 Å². The summed E-state index contributed by atoms with van der Waals surface area (Å²) in [6, 6.07) is 7.59. The highest BCUT2D eigenvalue weighted by molar-refractivity contribution is 7.10. The van der Waals surface area contributed by atoms with Crippen molar-refractivity contribution in [2.75, 3.05) is 6.54 Å². The normalized spacial score (nSPS) is 18.3. The first-order valence-corrected chi connectivity index (χ1v) is 8.56. The predicted octanol–water partition coefficient (Wildman–Crippen LogP) is 3.31. The SMILES string of the molecule is Cc1ccc(C(O)CNC(=O)C2(c3cccs3)CCCC2)o1. The largest absolute Gasteiger partial charge is 0.464 e. The lowest BCUT2D eigenvalue weighted by molar-refractivity contribution is -0.127. The summed E-state index contributed by atoms with van der Waals surface area (Å²) in [7, 11) is 0. The van der Waals surface area contributed by atoms with Crippen molar-refractivity contribution in [2.24, 2.45) is 0 Å². The first-order valence-electron chi connectivity index (χ1n) is 7.68. The van der Waals surface area contributed by atoms with E-state index in [1.165, 1.54) is 0 Å². The van der Waals surface area contributed by atoms with Gasteiger partial charge in [-0.3, -0.25) is 4.79 Å². The molecule has 2 N–H and O–H groups in total. The van der Waals surface area contributed by atoms with E-state index in [0.717, 1.165) is 36.3 Å². The Bertz CT molecular complexity index is 626. The number of hydrogen-bond donors (Lipinski definition) is 2. The Morgan fingerprint density at radius 2 is 2.18 bits per heavy atom. The molecular weight excluding hydrogens is 298 g/mol. The van der Waals surface area contributed by atoms with Gasteiger partial charge in [-0.1, -0.05) is 18.9 Å². The molecule has 1 unspecified atom stereocenters. The monoisotopic (exact) mass is 319 g/mol. The molecule has 0 aromatic carbocycles. The lowest BCUT2D eigenvalue weighted by Crippen LogP contribution is -2.43. The molecule has 1 fully saturated rings. The number of aliphatic hydroxyl groups excluding tert-OH is 1. The highest BCUT2D eigenvalue weighted by Crippen LogP contribution is 2.43. The minimum Gasteiger partial charge on any atom is -0.464 e. The summed E-state index contributed by atoms with van der Waals surface area (Å²) in [5.74, 6) is 1.27. The molecule has 22 heavy (non-hydrogen) atoms. The quantitative estimate of drug-likeness (QED) is 0.889. The summed E-state index contributed by atoms with van der Waals surface area (Å²) in [6.07, 6.45) is 3.11. The third kappa shape index (κ3) is 2.83. The molecule has 4 nitrogen and oxygen atoms in total. The van der Waals surface area contributed by atoms with Crippen LogP contribution in [0.2, 0.25) is 0 Å². The molecule has 2 heterocycles. The number of thiophene rings is 1. The van der Waals surface area contributed by atoms with Gasteiger partial charge in [-0.2, -0.15) is 0 Å². The van der Waals surface area contributed by atoms with Crippen LogP contribution >= 0.6 is 11.3 Å². The van der Waals surface area contributed by atoms with Crippen LogP contribution in [-0.2, 0) is 10.2 Å². The average Bonchev–Trinajstić information content (AvgIpc) is 3.23. The zero-order valence-corrected chi connectivity index (χ0v) is 13.5. The summed E-state index contributed by atoms with van der Waals surface area (Å²) >= 11 is 1.64. The summed E-state index contributed by atoms with van der Waals surface area (Å²) in [6.45, 7) is 2.01. The number of nitrogens with one attached hydrogen (secondary N) is 1. The Kier molecular flexibility index (Phi) is 4.36. The maximum absolute atomic E-state index is 12.8. The Balaban J connectivity index is 1.68. The van der Waals surface area contributed by atoms with Crippen molar-refractivity contribution in [1.29, 1.82) is 0 Å². The van der Waals surface area contributed by atoms with E-state index in [0.29, 0.717) is 5.76 Å². The zero-order valence-electron chi connectivity index (χ0n) is 12.7. The topological polar surface area (TPSA) is 62.5 Å². The van der Waals surface area contributed by atoms with Gasteiger partial charge in [-0.25, -0.2) is 0 Å². The molecule has 1 aliphatic rings. The van der Waals surface area contributed by atoms with Crippen LogP contribution in [0.15, 0.2) is 34.1 Å². The van der Waals surface area contributed by atoms with Crippen LogP contribution in [0, 0.1) is 6.92 Å². The number of furan rings is 1. The maximum atomic E-state index is 12.8. The Morgan fingerprint density at radius 1 is 1.41 bits per heavy atom. The number of amides is 1. The lowest BCUT2D eigenvalue weighted by Gasteiger charge is -2.27. The van der Waals surface area contributed by atoms with Crippen LogP contribution in [0.5, 0.6) is 0 Å². The molecule has 0 bridgehead atoms. The second kappa shape index (κ2) is 6.26. The maximum Gasteiger partial charge on any atom is 0.231 e. The first kappa shape index (κ1) is 15.3. The fraction of sp³-hybridized carbons (Fsp3) is 0.471. The zero-order chi connectivity index (χ0) is 15.6. The van der Waals surface area contributed by atoms with Crippen LogP contribution in [0.1, 0.15) is 48.2 Å². The number of aliphatic hydroxyl groups is 1. The molecule has 1 aliphatic carbocycles. The molecule has 118 valence electrons. The number of carbonyl (C=O) groups is 1. The van der Waals surface area contributed by atoms with E-state index in [1.807, 2.05) is 30.5 Å². The summed E-state index contributed by atoms with van der Waals surface area (Å²) in [5.41, 5.74) is -0.410. The highest BCUT2D eigenvalue weighted by atomic mass is 32.1. The van der Waals surface area contributed by atoms with Crippen molar-refractivity contribution >= 4 is 17.2 Å². The Labute approximate surface area is 134 Å². The molecule has 2 aromatic rings. The fourth-order valence-electron chi connectivity index (χ4n) is 3.21. The smallest absolute Gasteiger partial charge is 0.231 e. The van der Waals surface area contributed by atoms with E-state index in [-0.39, 0.29) is 12.5 Å². The molecule has 1 amide bonds. The van der Waals surface area contributed by atoms with Crippen molar-refractivity contribution in [1.82, 2.24) is 5.32 Å². The molecule has 0 radical (unpaired) electrons. The minimum atomic E-state index is -0.806. The molecular formula is C17H21NO3S. The lowest BCUT2D eigenvalue weighted by atomic mass is 9.83. The van der Waals surface area contributed by atoms with Crippen LogP contribution in [0.3, 0.4) is 0 Å². The Hall–Kier alpha value is -1.59. The van der Waals surface area contributed by atoms with Gasteiger partial charge in [0.15, 0.2) is 0 Å². The fourth-order valence-corrected chi connectivity index (χ4v) is 4.19. The molecule has 5 heteroatoms. The molecule has 0 aliphatic heterocycles. The van der Waals surface area contributed by atoms with Gasteiger partial charge in [-0.05, 0) is 43.3 Å². The van der Waals surface area contributed by atoms with Crippen molar-refractivity contribution < 1.29 is 14.3 Å². The van der Waals surface area contributed by atoms with Gasteiger partial charge in [0.05, 0.1) is 12.0 Å². The second-order valence-electron chi connectivity index (χ2n) is 5.94. The van der Waals surface area contributed by atoms with E-state index < -0.39 is 11.5 Å². The number of carbonyl (C=O) groups excluding carboxylic acids is 1. The van der Waals surface area contributed by atoms with Gasteiger partial charge >= 0.3 is 0 Å². The molecule has 1 saturated carbocycles. The van der Waals surface area contributed by atoms with Crippen LogP contribution in [0.4, 0.5) is 0 Å². The first-order chi connectivity index (χ1) is 10.6. The average molecular weight is 319 g/mol. The second-order valence-corrected chi connectivity index (χ2v) is 6.89. The van der Waals surface area contributed by atoms with Crippen molar-refractivity contribution in [3.8, 4) is 0 Å². The molecule has 0 spiro atoms. The molecule has 1 atom stereocenters. The van der Waals surface area contributed by atoms with Crippen LogP contribution < -0.4 is 5.32 Å². The van der Waals surface area contributed by atoms with Crippen LogP contribution in [-0.4, -0.2) is 17.6 Å². The number of hydrogen-bond acceptors (Lipinski definition) is 4. The number of rotatable bonds is 5. The number of aryl methyl sites for hydroxylation is 1. The third-order valence-electron chi connectivity index (χ3n) is 4.43. The van der Waals surface area contributed by atoms with Gasteiger partial charge < -0.3 is 14.8 Å². The van der Waals surface area contributed by atoms with Gasteiger partial charge in [0, 0.05) is 4.88 Å².